The number of aromatic nitrogens is 4. The fourth-order valence-corrected chi connectivity index (χ4v) is 3.59. The summed E-state index contributed by atoms with van der Waals surface area (Å²) in [6, 6.07) is 4.10. The molecule has 0 spiro atoms. The zero-order valence-electron chi connectivity index (χ0n) is 16.4. The van der Waals surface area contributed by atoms with Crippen LogP contribution in [0.15, 0.2) is 30.7 Å². The van der Waals surface area contributed by atoms with Gasteiger partial charge in [0.05, 0.1) is 23.8 Å². The number of nitrogens with zero attached hydrogens (tertiary/aromatic N) is 4. The van der Waals surface area contributed by atoms with Crippen molar-refractivity contribution >= 4 is 28.7 Å². The minimum atomic E-state index is -0.600. The van der Waals surface area contributed by atoms with E-state index in [2.05, 4.69) is 36.3 Å². The molecule has 0 bridgehead atoms. The topological polar surface area (TPSA) is 108 Å². The van der Waals surface area contributed by atoms with E-state index in [1.165, 1.54) is 23.0 Å². The minimum Gasteiger partial charge on any atom is -0.379 e. The van der Waals surface area contributed by atoms with Gasteiger partial charge in [0.25, 0.3) is 5.91 Å². The van der Waals surface area contributed by atoms with Gasteiger partial charge in [-0.05, 0) is 44.8 Å². The fraction of sp³-hybridized carbons (Fsp3) is 0.400. The van der Waals surface area contributed by atoms with Crippen LogP contribution < -0.4 is 21.3 Å². The van der Waals surface area contributed by atoms with Crippen LogP contribution in [0.5, 0.6) is 0 Å². The smallest absolute Gasteiger partial charge is 0.276 e. The number of carbonyl (C=O) groups is 1. The van der Waals surface area contributed by atoms with Crippen LogP contribution in [0.4, 0.5) is 21.6 Å². The first kappa shape index (κ1) is 18.7. The van der Waals surface area contributed by atoms with Gasteiger partial charge in [-0.2, -0.15) is 0 Å². The monoisotopic (exact) mass is 410 g/mol. The lowest BCUT2D eigenvalue weighted by Gasteiger charge is -2.24. The highest BCUT2D eigenvalue weighted by Gasteiger charge is 2.25. The molecule has 156 valence electrons. The van der Waals surface area contributed by atoms with Crippen molar-refractivity contribution in [3.8, 4) is 0 Å². The lowest BCUT2D eigenvalue weighted by molar-refractivity contribution is 0.102. The van der Waals surface area contributed by atoms with E-state index in [0.717, 1.165) is 50.7 Å². The van der Waals surface area contributed by atoms with Crippen LogP contribution in [0, 0.1) is 5.82 Å². The number of halogens is 1. The number of imidazole rings is 1. The zero-order valence-corrected chi connectivity index (χ0v) is 16.4. The Balaban J connectivity index is 1.48. The maximum Gasteiger partial charge on any atom is 0.276 e. The predicted molar refractivity (Wildman–Crippen MR) is 111 cm³/mol. The third kappa shape index (κ3) is 3.90. The maximum atomic E-state index is 13.9. The SMILES string of the molecule is O=C(Nc1ccncc1F)c1cnc2c(NC3CC3)cc(NC3CCNCC3)nn12. The summed E-state index contributed by atoms with van der Waals surface area (Å²) in [5.41, 5.74) is 1.69. The van der Waals surface area contributed by atoms with Crippen LogP contribution in [0.25, 0.3) is 5.65 Å². The van der Waals surface area contributed by atoms with Crippen LogP contribution in [-0.4, -0.2) is 50.7 Å². The average Bonchev–Trinajstić information content (AvgIpc) is 3.46. The van der Waals surface area contributed by atoms with E-state index in [4.69, 9.17) is 0 Å². The van der Waals surface area contributed by atoms with Gasteiger partial charge >= 0.3 is 0 Å². The van der Waals surface area contributed by atoms with Gasteiger partial charge in [-0.15, -0.1) is 5.10 Å². The molecule has 1 saturated heterocycles. The number of nitrogens with one attached hydrogen (secondary N) is 4. The van der Waals surface area contributed by atoms with Crippen molar-refractivity contribution in [2.24, 2.45) is 0 Å². The Morgan fingerprint density at radius 3 is 2.67 bits per heavy atom. The molecule has 0 radical (unpaired) electrons. The molecule has 10 heteroatoms. The highest BCUT2D eigenvalue weighted by Crippen LogP contribution is 2.29. The number of piperidine rings is 1. The second kappa shape index (κ2) is 7.86. The molecule has 2 aliphatic rings. The lowest BCUT2D eigenvalue weighted by atomic mass is 10.1. The van der Waals surface area contributed by atoms with Crippen molar-refractivity contribution < 1.29 is 9.18 Å². The number of pyridine rings is 1. The van der Waals surface area contributed by atoms with Gasteiger partial charge in [0.2, 0.25) is 0 Å². The summed E-state index contributed by atoms with van der Waals surface area (Å²) in [4.78, 5) is 20.9. The maximum absolute atomic E-state index is 13.9. The quantitative estimate of drug-likeness (QED) is 0.494. The standard InChI is InChI=1S/C20H23FN8O/c21-14-10-23-8-5-15(14)27-20(30)17-11-24-19-16(25-12-1-2-12)9-18(28-29(17)19)26-13-3-6-22-7-4-13/h5,8-13,22,25H,1-4,6-7H2,(H,26,28)(H,23,27,30). The second-order valence-corrected chi connectivity index (χ2v) is 7.72. The van der Waals surface area contributed by atoms with Gasteiger partial charge in [-0.25, -0.2) is 13.9 Å². The summed E-state index contributed by atoms with van der Waals surface area (Å²) in [5, 5.41) is 17.5. The number of amides is 1. The molecule has 1 amide bonds. The summed E-state index contributed by atoms with van der Waals surface area (Å²) >= 11 is 0. The van der Waals surface area contributed by atoms with Gasteiger partial charge < -0.3 is 21.3 Å². The normalized spacial score (nSPS) is 17.1. The van der Waals surface area contributed by atoms with Gasteiger partial charge in [0.15, 0.2) is 17.2 Å². The Morgan fingerprint density at radius 2 is 1.90 bits per heavy atom. The molecule has 0 atom stereocenters. The molecule has 3 aromatic rings. The first-order chi connectivity index (χ1) is 14.7. The summed E-state index contributed by atoms with van der Waals surface area (Å²) < 4.78 is 15.4. The Bertz CT molecular complexity index is 1070. The highest BCUT2D eigenvalue weighted by atomic mass is 19.1. The molecule has 1 saturated carbocycles. The molecular formula is C20H23FN8O. The third-order valence-corrected chi connectivity index (χ3v) is 5.35. The Kier molecular flexibility index (Phi) is 4.91. The number of hydrogen-bond acceptors (Lipinski definition) is 7. The van der Waals surface area contributed by atoms with Gasteiger partial charge in [-0.1, -0.05) is 0 Å². The second-order valence-electron chi connectivity index (χ2n) is 7.72. The molecule has 1 aliphatic carbocycles. The number of carbonyl (C=O) groups excluding carboxylic acids is 1. The Hall–Kier alpha value is -3.27. The van der Waals surface area contributed by atoms with E-state index in [1.807, 2.05) is 6.07 Å². The van der Waals surface area contributed by atoms with E-state index < -0.39 is 11.7 Å². The van der Waals surface area contributed by atoms with Crippen molar-refractivity contribution in [1.29, 1.82) is 0 Å². The van der Waals surface area contributed by atoms with E-state index in [1.54, 1.807) is 0 Å². The largest absolute Gasteiger partial charge is 0.379 e. The minimum absolute atomic E-state index is 0.0604. The van der Waals surface area contributed by atoms with Crippen molar-refractivity contribution in [1.82, 2.24) is 24.9 Å². The summed E-state index contributed by atoms with van der Waals surface area (Å²) in [5.74, 6) is -0.409. The summed E-state index contributed by atoms with van der Waals surface area (Å²) in [7, 11) is 0. The molecular weight excluding hydrogens is 387 g/mol. The number of anilines is 3. The van der Waals surface area contributed by atoms with Crippen molar-refractivity contribution in [2.75, 3.05) is 29.0 Å². The van der Waals surface area contributed by atoms with Gasteiger partial charge in [0.1, 0.15) is 5.82 Å². The molecule has 4 N–H and O–H groups in total. The van der Waals surface area contributed by atoms with E-state index in [9.17, 15) is 9.18 Å². The van der Waals surface area contributed by atoms with E-state index in [0.29, 0.717) is 23.5 Å². The van der Waals surface area contributed by atoms with Crippen molar-refractivity contribution in [3.05, 3.63) is 42.2 Å². The predicted octanol–water partition coefficient (Wildman–Crippen LogP) is 2.25. The molecule has 9 nitrogen and oxygen atoms in total. The lowest BCUT2D eigenvalue weighted by Crippen LogP contribution is -2.35. The molecule has 4 heterocycles. The Labute approximate surface area is 172 Å². The third-order valence-electron chi connectivity index (χ3n) is 5.35. The van der Waals surface area contributed by atoms with Crippen LogP contribution in [0.1, 0.15) is 36.2 Å². The van der Waals surface area contributed by atoms with Crippen molar-refractivity contribution in [3.63, 3.8) is 0 Å². The Morgan fingerprint density at radius 1 is 1.10 bits per heavy atom. The molecule has 1 aliphatic heterocycles. The number of fused-ring (bicyclic) bond motifs is 1. The summed E-state index contributed by atoms with van der Waals surface area (Å²) in [6.45, 7) is 1.92. The molecule has 0 unspecified atom stereocenters. The molecule has 2 fully saturated rings. The first-order valence-corrected chi connectivity index (χ1v) is 10.2. The molecule has 5 rings (SSSR count). The number of hydrogen-bond donors (Lipinski definition) is 4. The van der Waals surface area contributed by atoms with Crippen LogP contribution in [-0.2, 0) is 0 Å². The summed E-state index contributed by atoms with van der Waals surface area (Å²) in [6.07, 6.45) is 8.17. The van der Waals surface area contributed by atoms with Crippen LogP contribution in [0.2, 0.25) is 0 Å². The van der Waals surface area contributed by atoms with E-state index >= 15 is 0 Å². The van der Waals surface area contributed by atoms with Crippen molar-refractivity contribution in [2.45, 2.75) is 37.8 Å². The van der Waals surface area contributed by atoms with Gasteiger partial charge in [-0.3, -0.25) is 9.78 Å². The average molecular weight is 410 g/mol. The molecule has 30 heavy (non-hydrogen) atoms. The highest BCUT2D eigenvalue weighted by molar-refractivity contribution is 6.03. The van der Waals surface area contributed by atoms with Gasteiger partial charge in [0, 0.05) is 24.3 Å². The van der Waals surface area contributed by atoms with Crippen LogP contribution in [0.3, 0.4) is 0 Å². The molecule has 0 aromatic carbocycles. The van der Waals surface area contributed by atoms with E-state index in [-0.39, 0.29) is 11.4 Å². The van der Waals surface area contributed by atoms with Crippen LogP contribution >= 0.6 is 0 Å². The number of rotatable bonds is 6. The first-order valence-electron chi connectivity index (χ1n) is 10.2. The zero-order chi connectivity index (χ0) is 20.5. The molecule has 3 aromatic heterocycles. The fourth-order valence-electron chi connectivity index (χ4n) is 3.59.